The van der Waals surface area contributed by atoms with Gasteiger partial charge in [-0.2, -0.15) is 0 Å². The van der Waals surface area contributed by atoms with Crippen LogP contribution in [0.5, 0.6) is 0 Å². The van der Waals surface area contributed by atoms with Gasteiger partial charge in [-0.25, -0.2) is 0 Å². The van der Waals surface area contributed by atoms with Gasteiger partial charge in [-0.3, -0.25) is 4.99 Å². The lowest BCUT2D eigenvalue weighted by atomic mass is 9.94. The molecular weight excluding hydrogens is 206 g/mol. The highest BCUT2D eigenvalue weighted by Gasteiger charge is 2.10. The van der Waals surface area contributed by atoms with Crippen LogP contribution >= 0.6 is 0 Å². The SMILES string of the molecule is C=CCCC(C)c1ccc(C2=NCCC2)cc1. The molecule has 1 aliphatic rings. The summed E-state index contributed by atoms with van der Waals surface area (Å²) in [5.74, 6) is 0.618. The van der Waals surface area contributed by atoms with Crippen LogP contribution in [0.2, 0.25) is 0 Å². The van der Waals surface area contributed by atoms with E-state index in [1.807, 2.05) is 6.08 Å². The Labute approximate surface area is 104 Å². The summed E-state index contributed by atoms with van der Waals surface area (Å²) >= 11 is 0. The molecule has 0 saturated heterocycles. The van der Waals surface area contributed by atoms with Gasteiger partial charge in [-0.15, -0.1) is 6.58 Å². The second-order valence-corrected chi connectivity index (χ2v) is 4.82. The summed E-state index contributed by atoms with van der Waals surface area (Å²) in [5, 5.41) is 0. The van der Waals surface area contributed by atoms with Crippen molar-refractivity contribution in [3.05, 3.63) is 48.0 Å². The summed E-state index contributed by atoms with van der Waals surface area (Å²) in [5.41, 5.74) is 4.02. The maximum Gasteiger partial charge on any atom is 0.0421 e. The minimum atomic E-state index is 0.618. The van der Waals surface area contributed by atoms with Crippen molar-refractivity contribution in [2.24, 2.45) is 4.99 Å². The molecule has 1 heteroatoms. The molecule has 1 heterocycles. The van der Waals surface area contributed by atoms with Gasteiger partial charge >= 0.3 is 0 Å². The zero-order chi connectivity index (χ0) is 12.1. The van der Waals surface area contributed by atoms with Gasteiger partial charge in [0.25, 0.3) is 0 Å². The Bertz CT molecular complexity index is 400. The molecule has 0 fully saturated rings. The van der Waals surface area contributed by atoms with Crippen molar-refractivity contribution in [2.45, 2.75) is 38.5 Å². The molecule has 0 radical (unpaired) electrons. The fourth-order valence-corrected chi connectivity index (χ4v) is 2.31. The highest BCUT2D eigenvalue weighted by atomic mass is 14.8. The van der Waals surface area contributed by atoms with E-state index in [4.69, 9.17) is 0 Å². The third-order valence-electron chi connectivity index (χ3n) is 3.49. The first-order valence-electron chi connectivity index (χ1n) is 6.56. The van der Waals surface area contributed by atoms with Crippen molar-refractivity contribution in [3.8, 4) is 0 Å². The topological polar surface area (TPSA) is 12.4 Å². The first kappa shape index (κ1) is 12.1. The van der Waals surface area contributed by atoms with Crippen LogP contribution in [0.3, 0.4) is 0 Å². The fraction of sp³-hybridized carbons (Fsp3) is 0.438. The van der Waals surface area contributed by atoms with Crippen molar-refractivity contribution in [1.29, 1.82) is 0 Å². The van der Waals surface area contributed by atoms with Gasteiger partial charge in [-0.05, 0) is 42.7 Å². The molecule has 0 bridgehead atoms. The molecule has 90 valence electrons. The van der Waals surface area contributed by atoms with Crippen LogP contribution in [-0.2, 0) is 0 Å². The second-order valence-electron chi connectivity index (χ2n) is 4.82. The summed E-state index contributed by atoms with van der Waals surface area (Å²) in [6.07, 6.45) is 6.63. The fourth-order valence-electron chi connectivity index (χ4n) is 2.31. The maximum absolute atomic E-state index is 4.53. The van der Waals surface area contributed by atoms with Crippen molar-refractivity contribution >= 4 is 5.71 Å². The quantitative estimate of drug-likeness (QED) is 0.663. The predicted octanol–water partition coefficient (Wildman–Crippen LogP) is 4.34. The lowest BCUT2D eigenvalue weighted by molar-refractivity contribution is 0.691. The minimum absolute atomic E-state index is 0.618. The molecule has 0 amide bonds. The van der Waals surface area contributed by atoms with E-state index in [0.29, 0.717) is 5.92 Å². The predicted molar refractivity (Wildman–Crippen MR) is 74.9 cm³/mol. The van der Waals surface area contributed by atoms with E-state index in [9.17, 15) is 0 Å². The first-order chi connectivity index (χ1) is 8.31. The molecule has 0 aliphatic carbocycles. The average molecular weight is 227 g/mol. The van der Waals surface area contributed by atoms with Crippen molar-refractivity contribution in [1.82, 2.24) is 0 Å². The molecule has 1 aromatic carbocycles. The Morgan fingerprint density at radius 1 is 1.35 bits per heavy atom. The number of aliphatic imine (C=N–C) groups is 1. The summed E-state index contributed by atoms with van der Waals surface area (Å²) in [6.45, 7) is 7.07. The molecule has 1 aliphatic heterocycles. The van der Waals surface area contributed by atoms with E-state index in [0.717, 1.165) is 19.4 Å². The number of nitrogens with zero attached hydrogens (tertiary/aromatic N) is 1. The zero-order valence-electron chi connectivity index (χ0n) is 10.7. The number of rotatable bonds is 5. The van der Waals surface area contributed by atoms with E-state index in [1.54, 1.807) is 0 Å². The molecule has 17 heavy (non-hydrogen) atoms. The molecule has 1 atom stereocenters. The normalized spacial score (nSPS) is 16.6. The van der Waals surface area contributed by atoms with Crippen LogP contribution in [-0.4, -0.2) is 12.3 Å². The molecule has 2 rings (SSSR count). The third-order valence-corrected chi connectivity index (χ3v) is 3.49. The second kappa shape index (κ2) is 5.81. The summed E-state index contributed by atoms with van der Waals surface area (Å²) in [4.78, 5) is 4.53. The summed E-state index contributed by atoms with van der Waals surface area (Å²) < 4.78 is 0. The first-order valence-corrected chi connectivity index (χ1v) is 6.56. The Kier molecular flexibility index (Phi) is 4.13. The third kappa shape index (κ3) is 3.06. The molecule has 1 nitrogen and oxygen atoms in total. The van der Waals surface area contributed by atoms with Gasteiger partial charge in [0.05, 0.1) is 0 Å². The average Bonchev–Trinajstić information content (AvgIpc) is 2.90. The van der Waals surface area contributed by atoms with Crippen molar-refractivity contribution < 1.29 is 0 Å². The number of benzene rings is 1. The highest BCUT2D eigenvalue weighted by molar-refractivity contribution is 6.01. The molecule has 1 aromatic rings. The van der Waals surface area contributed by atoms with E-state index < -0.39 is 0 Å². The lowest BCUT2D eigenvalue weighted by Gasteiger charge is -2.11. The number of hydrogen-bond acceptors (Lipinski definition) is 1. The van der Waals surface area contributed by atoms with Crippen LogP contribution in [0.15, 0.2) is 41.9 Å². The Balaban J connectivity index is 2.04. The van der Waals surface area contributed by atoms with E-state index in [-0.39, 0.29) is 0 Å². The smallest absolute Gasteiger partial charge is 0.0421 e. The van der Waals surface area contributed by atoms with Crippen LogP contribution in [0.4, 0.5) is 0 Å². The van der Waals surface area contributed by atoms with Gasteiger partial charge in [0, 0.05) is 12.3 Å². The Hall–Kier alpha value is -1.37. The maximum atomic E-state index is 4.53. The van der Waals surface area contributed by atoms with E-state index >= 15 is 0 Å². The Morgan fingerprint density at radius 3 is 2.71 bits per heavy atom. The van der Waals surface area contributed by atoms with Gasteiger partial charge in [0.1, 0.15) is 0 Å². The van der Waals surface area contributed by atoms with Gasteiger partial charge in [0.15, 0.2) is 0 Å². The molecule has 0 N–H and O–H groups in total. The zero-order valence-corrected chi connectivity index (χ0v) is 10.7. The van der Waals surface area contributed by atoms with Crippen LogP contribution in [0.1, 0.15) is 49.7 Å². The van der Waals surface area contributed by atoms with Crippen molar-refractivity contribution in [3.63, 3.8) is 0 Å². The van der Waals surface area contributed by atoms with Gasteiger partial charge in [0.2, 0.25) is 0 Å². The molecular formula is C16H21N. The number of hydrogen-bond donors (Lipinski definition) is 0. The molecule has 0 saturated carbocycles. The van der Waals surface area contributed by atoms with Gasteiger partial charge < -0.3 is 0 Å². The minimum Gasteiger partial charge on any atom is -0.289 e. The standard InChI is InChI=1S/C16H21N/c1-3-4-6-13(2)14-8-10-15(11-9-14)16-7-5-12-17-16/h3,8-11,13H,1,4-7,12H2,2H3. The lowest BCUT2D eigenvalue weighted by Crippen LogP contribution is -1.98. The van der Waals surface area contributed by atoms with Crippen LogP contribution in [0, 0.1) is 0 Å². The summed E-state index contributed by atoms with van der Waals surface area (Å²) in [7, 11) is 0. The number of allylic oxidation sites excluding steroid dienone is 1. The highest BCUT2D eigenvalue weighted by Crippen LogP contribution is 2.22. The van der Waals surface area contributed by atoms with E-state index in [2.05, 4.69) is 42.8 Å². The van der Waals surface area contributed by atoms with Gasteiger partial charge in [-0.1, -0.05) is 37.3 Å². The van der Waals surface area contributed by atoms with Crippen LogP contribution in [0.25, 0.3) is 0 Å². The van der Waals surface area contributed by atoms with Crippen LogP contribution < -0.4 is 0 Å². The Morgan fingerprint density at radius 2 is 2.12 bits per heavy atom. The van der Waals surface area contributed by atoms with E-state index in [1.165, 1.54) is 29.7 Å². The molecule has 0 aromatic heterocycles. The van der Waals surface area contributed by atoms with Crippen molar-refractivity contribution in [2.75, 3.05) is 6.54 Å². The molecule has 0 spiro atoms. The summed E-state index contributed by atoms with van der Waals surface area (Å²) in [6, 6.07) is 8.96. The monoisotopic (exact) mass is 227 g/mol. The molecule has 1 unspecified atom stereocenters. The largest absolute Gasteiger partial charge is 0.289 e.